The molecular formula is C21H20F4N4O2. The summed E-state index contributed by atoms with van der Waals surface area (Å²) in [6.45, 7) is 0.353. The maximum atomic E-state index is 14.0. The minimum absolute atomic E-state index is 0.0941. The lowest BCUT2D eigenvalue weighted by Gasteiger charge is -2.29. The number of likely N-dealkylation sites (tertiary alicyclic amines) is 1. The third-order valence-electron chi connectivity index (χ3n) is 5.43. The molecule has 1 aromatic carbocycles. The lowest BCUT2D eigenvalue weighted by molar-refractivity contribution is -0.141. The van der Waals surface area contributed by atoms with Crippen LogP contribution >= 0.6 is 0 Å². The number of alkyl halides is 3. The molecular weight excluding hydrogens is 416 g/mol. The first-order valence-corrected chi connectivity index (χ1v) is 9.89. The fraction of sp³-hybridized carbons (Fsp3) is 0.381. The Hall–Kier alpha value is -3.17. The van der Waals surface area contributed by atoms with Crippen molar-refractivity contribution >= 4 is 5.91 Å². The molecule has 1 amide bonds. The standard InChI is InChI=1S/C21H20F4N4O2/c1-28-17(12-19(26-28)21(23,24)25)16-9-3-2-6-10-29(16)20(30)18-11-15(27-31-18)13-7-4-5-8-14(13)22/h4-5,7-8,11-12,16H,2-3,6,9-10H2,1H3/t16-/m0/s1. The van der Waals surface area contributed by atoms with E-state index in [0.29, 0.717) is 25.1 Å². The Morgan fingerprint density at radius 2 is 1.94 bits per heavy atom. The summed E-state index contributed by atoms with van der Waals surface area (Å²) in [5, 5.41) is 7.39. The number of halogens is 4. The molecule has 2 aromatic heterocycles. The maximum Gasteiger partial charge on any atom is 0.435 e. The summed E-state index contributed by atoms with van der Waals surface area (Å²) in [7, 11) is 1.43. The third kappa shape index (κ3) is 4.19. The van der Waals surface area contributed by atoms with Crippen LogP contribution in [0.25, 0.3) is 11.3 Å². The zero-order valence-electron chi connectivity index (χ0n) is 16.7. The molecule has 0 unspecified atom stereocenters. The van der Waals surface area contributed by atoms with Gasteiger partial charge in [0, 0.05) is 25.2 Å². The highest BCUT2D eigenvalue weighted by Crippen LogP contribution is 2.35. The average molecular weight is 436 g/mol. The summed E-state index contributed by atoms with van der Waals surface area (Å²) < 4.78 is 59.8. The van der Waals surface area contributed by atoms with Gasteiger partial charge >= 0.3 is 6.18 Å². The van der Waals surface area contributed by atoms with E-state index in [1.54, 1.807) is 6.07 Å². The highest BCUT2D eigenvalue weighted by Gasteiger charge is 2.38. The number of hydrogen-bond donors (Lipinski definition) is 0. The topological polar surface area (TPSA) is 64.2 Å². The van der Waals surface area contributed by atoms with Gasteiger partial charge in [-0.2, -0.15) is 18.3 Å². The first-order valence-electron chi connectivity index (χ1n) is 9.89. The molecule has 1 aliphatic heterocycles. The van der Waals surface area contributed by atoms with Crippen molar-refractivity contribution in [1.29, 1.82) is 0 Å². The number of carbonyl (C=O) groups excluding carboxylic acids is 1. The molecule has 6 nitrogen and oxygen atoms in total. The monoisotopic (exact) mass is 436 g/mol. The Morgan fingerprint density at radius 3 is 2.65 bits per heavy atom. The number of hydrogen-bond acceptors (Lipinski definition) is 4. The number of aryl methyl sites for hydroxylation is 1. The van der Waals surface area contributed by atoms with Crippen LogP contribution in [0.2, 0.25) is 0 Å². The van der Waals surface area contributed by atoms with Crippen LogP contribution in [0.4, 0.5) is 17.6 Å². The molecule has 0 saturated carbocycles. The van der Waals surface area contributed by atoms with E-state index < -0.39 is 29.6 Å². The highest BCUT2D eigenvalue weighted by molar-refractivity contribution is 5.92. The minimum atomic E-state index is -4.57. The molecule has 0 spiro atoms. The van der Waals surface area contributed by atoms with E-state index in [2.05, 4.69) is 10.3 Å². The van der Waals surface area contributed by atoms with Crippen molar-refractivity contribution in [3.05, 3.63) is 59.4 Å². The number of carbonyl (C=O) groups is 1. The van der Waals surface area contributed by atoms with Gasteiger partial charge in [0.25, 0.3) is 5.91 Å². The van der Waals surface area contributed by atoms with Gasteiger partial charge < -0.3 is 9.42 Å². The van der Waals surface area contributed by atoms with Crippen LogP contribution < -0.4 is 0 Å². The summed E-state index contributed by atoms with van der Waals surface area (Å²) in [6, 6.07) is 7.72. The summed E-state index contributed by atoms with van der Waals surface area (Å²) in [5.74, 6) is -1.10. The molecule has 0 N–H and O–H groups in total. The molecule has 164 valence electrons. The largest absolute Gasteiger partial charge is 0.435 e. The van der Waals surface area contributed by atoms with Crippen molar-refractivity contribution in [2.45, 2.75) is 37.9 Å². The van der Waals surface area contributed by atoms with Crippen molar-refractivity contribution in [3.63, 3.8) is 0 Å². The van der Waals surface area contributed by atoms with Gasteiger partial charge in [-0.05, 0) is 31.0 Å². The first-order chi connectivity index (χ1) is 14.8. The molecule has 0 radical (unpaired) electrons. The van der Waals surface area contributed by atoms with Gasteiger partial charge in [-0.3, -0.25) is 9.48 Å². The molecule has 3 heterocycles. The Labute approximate surface area is 175 Å². The van der Waals surface area contributed by atoms with Gasteiger partial charge in [-0.25, -0.2) is 4.39 Å². The number of nitrogens with zero attached hydrogens (tertiary/aromatic N) is 4. The molecule has 1 fully saturated rings. The lowest BCUT2D eigenvalue weighted by Crippen LogP contribution is -2.35. The summed E-state index contributed by atoms with van der Waals surface area (Å²) in [5.41, 5.74) is -0.327. The van der Waals surface area contributed by atoms with Crippen LogP contribution in [0, 0.1) is 5.82 Å². The maximum absolute atomic E-state index is 14.0. The molecule has 1 saturated heterocycles. The van der Waals surface area contributed by atoms with Gasteiger partial charge in [0.1, 0.15) is 11.5 Å². The van der Waals surface area contributed by atoms with Crippen LogP contribution in [-0.2, 0) is 13.2 Å². The summed E-state index contributed by atoms with van der Waals surface area (Å²) >= 11 is 0. The van der Waals surface area contributed by atoms with Crippen LogP contribution in [-0.4, -0.2) is 32.3 Å². The predicted molar refractivity (Wildman–Crippen MR) is 102 cm³/mol. The van der Waals surface area contributed by atoms with E-state index in [-0.39, 0.29) is 17.0 Å². The minimum Gasteiger partial charge on any atom is -0.350 e. The molecule has 3 aromatic rings. The second-order valence-electron chi connectivity index (χ2n) is 7.50. The van der Waals surface area contributed by atoms with Crippen molar-refractivity contribution in [1.82, 2.24) is 19.8 Å². The van der Waals surface area contributed by atoms with E-state index in [0.717, 1.165) is 18.9 Å². The summed E-state index contributed by atoms with van der Waals surface area (Å²) in [4.78, 5) is 14.7. The summed E-state index contributed by atoms with van der Waals surface area (Å²) in [6.07, 6.45) is -1.76. The molecule has 31 heavy (non-hydrogen) atoms. The molecule has 0 aliphatic carbocycles. The van der Waals surface area contributed by atoms with E-state index >= 15 is 0 Å². The Kier molecular flexibility index (Phi) is 5.55. The molecule has 10 heteroatoms. The van der Waals surface area contributed by atoms with Crippen molar-refractivity contribution in [2.75, 3.05) is 6.54 Å². The number of amides is 1. The van der Waals surface area contributed by atoms with Crippen molar-refractivity contribution < 1.29 is 26.9 Å². The normalized spacial score (nSPS) is 17.6. The third-order valence-corrected chi connectivity index (χ3v) is 5.43. The van der Waals surface area contributed by atoms with Gasteiger partial charge in [-0.15, -0.1) is 0 Å². The van der Waals surface area contributed by atoms with Gasteiger partial charge in [0.15, 0.2) is 5.69 Å². The fourth-order valence-electron chi connectivity index (χ4n) is 3.90. The fourth-order valence-corrected chi connectivity index (χ4v) is 3.90. The second kappa shape index (κ2) is 8.16. The Balaban J connectivity index is 1.66. The molecule has 1 aliphatic rings. The van der Waals surface area contributed by atoms with Gasteiger partial charge in [0.05, 0.1) is 11.7 Å². The van der Waals surface area contributed by atoms with Gasteiger partial charge in [0.2, 0.25) is 5.76 Å². The smallest absolute Gasteiger partial charge is 0.350 e. The van der Waals surface area contributed by atoms with Gasteiger partial charge in [-0.1, -0.05) is 30.1 Å². The SMILES string of the molecule is Cn1nc(C(F)(F)F)cc1[C@@H]1CCCCCN1C(=O)c1cc(-c2ccccc2F)no1. The second-order valence-corrected chi connectivity index (χ2v) is 7.50. The molecule has 1 atom stereocenters. The van der Waals surface area contributed by atoms with E-state index in [1.807, 2.05) is 0 Å². The Morgan fingerprint density at radius 1 is 1.16 bits per heavy atom. The van der Waals surface area contributed by atoms with E-state index in [4.69, 9.17) is 4.52 Å². The number of rotatable bonds is 3. The van der Waals surface area contributed by atoms with Crippen LogP contribution in [0.3, 0.4) is 0 Å². The zero-order chi connectivity index (χ0) is 22.2. The van der Waals surface area contributed by atoms with E-state index in [9.17, 15) is 22.4 Å². The number of aromatic nitrogens is 3. The average Bonchev–Trinajstić information content (AvgIpc) is 3.28. The zero-order valence-corrected chi connectivity index (χ0v) is 16.7. The quantitative estimate of drug-likeness (QED) is 0.543. The number of benzene rings is 1. The molecule has 4 rings (SSSR count). The lowest BCUT2D eigenvalue weighted by atomic mass is 10.1. The Bertz CT molecular complexity index is 1090. The molecule has 0 bridgehead atoms. The van der Waals surface area contributed by atoms with Crippen molar-refractivity contribution in [3.8, 4) is 11.3 Å². The van der Waals surface area contributed by atoms with E-state index in [1.165, 1.54) is 40.9 Å². The van der Waals surface area contributed by atoms with Crippen LogP contribution in [0.15, 0.2) is 40.9 Å². The highest BCUT2D eigenvalue weighted by atomic mass is 19.4. The first kappa shape index (κ1) is 21.1. The van der Waals surface area contributed by atoms with Crippen molar-refractivity contribution in [2.24, 2.45) is 7.05 Å². The van der Waals surface area contributed by atoms with Crippen LogP contribution in [0.1, 0.15) is 53.7 Å². The van der Waals surface area contributed by atoms with Crippen LogP contribution in [0.5, 0.6) is 0 Å². The predicted octanol–water partition coefficient (Wildman–Crippen LogP) is 4.99.